The summed E-state index contributed by atoms with van der Waals surface area (Å²) in [4.78, 5) is 22.7. The molecule has 162 valence electrons. The highest BCUT2D eigenvalue weighted by atomic mass is 16.6. The highest BCUT2D eigenvalue weighted by Crippen LogP contribution is 2.22. The molecule has 0 radical (unpaired) electrons. The van der Waals surface area contributed by atoms with Crippen molar-refractivity contribution in [3.05, 3.63) is 93.4 Å². The minimum atomic E-state index is -1.27. The summed E-state index contributed by atoms with van der Waals surface area (Å²) in [5.41, 5.74) is 1.16. The summed E-state index contributed by atoms with van der Waals surface area (Å²) < 4.78 is 11.2. The van der Waals surface area contributed by atoms with Crippen LogP contribution in [0.3, 0.4) is 0 Å². The van der Waals surface area contributed by atoms with Gasteiger partial charge in [0.2, 0.25) is 0 Å². The summed E-state index contributed by atoms with van der Waals surface area (Å²) in [6.45, 7) is 1.50. The van der Waals surface area contributed by atoms with Crippen molar-refractivity contribution in [2.24, 2.45) is 0 Å². The van der Waals surface area contributed by atoms with Crippen LogP contribution >= 0.6 is 0 Å². The van der Waals surface area contributed by atoms with E-state index in [-0.39, 0.29) is 18.1 Å². The summed E-state index contributed by atoms with van der Waals surface area (Å²) in [5.74, 6) is 0.515. The van der Waals surface area contributed by atoms with Crippen molar-refractivity contribution in [3.8, 4) is 5.75 Å². The number of aliphatic hydroxyl groups excluding tert-OH is 2. The molecule has 0 aliphatic rings. The van der Waals surface area contributed by atoms with Crippen LogP contribution in [-0.2, 0) is 6.61 Å². The summed E-state index contributed by atoms with van der Waals surface area (Å²) in [6.07, 6.45) is -1.27. The topological polar surface area (TPSA) is 135 Å². The average molecular weight is 426 g/mol. The molecule has 0 aliphatic carbocycles. The fraction of sp³-hybridized carbons (Fsp3) is 0.227. The Kier molecular flexibility index (Phi) is 7.01. The Morgan fingerprint density at radius 3 is 2.52 bits per heavy atom. The Labute approximate surface area is 178 Å². The molecule has 0 spiro atoms. The third-order valence-electron chi connectivity index (χ3n) is 4.69. The van der Waals surface area contributed by atoms with E-state index in [0.29, 0.717) is 17.1 Å². The van der Waals surface area contributed by atoms with E-state index in [0.717, 1.165) is 5.56 Å². The van der Waals surface area contributed by atoms with Gasteiger partial charge in [-0.2, -0.15) is 0 Å². The van der Waals surface area contributed by atoms with Gasteiger partial charge in [0.1, 0.15) is 24.2 Å². The van der Waals surface area contributed by atoms with E-state index in [9.17, 15) is 25.1 Å². The lowest BCUT2D eigenvalue weighted by Crippen LogP contribution is -2.41. The van der Waals surface area contributed by atoms with Crippen molar-refractivity contribution in [1.29, 1.82) is 0 Å². The van der Waals surface area contributed by atoms with E-state index in [1.165, 1.54) is 30.3 Å². The Hall–Kier alpha value is -3.69. The summed E-state index contributed by atoms with van der Waals surface area (Å²) >= 11 is 0. The normalized spacial score (nSPS) is 12.7. The maximum absolute atomic E-state index is 12.5. The summed E-state index contributed by atoms with van der Waals surface area (Å²) in [6, 6.07) is 14.8. The molecule has 0 bridgehead atoms. The number of amides is 1. The van der Waals surface area contributed by atoms with E-state index < -0.39 is 29.6 Å². The van der Waals surface area contributed by atoms with Gasteiger partial charge in [0.25, 0.3) is 11.6 Å². The molecule has 2 atom stereocenters. The standard InChI is InChI=1S/C22H22N2O7/c1-14-4-2-3-5-19(14)30-13-17-10-11-20(31-17)22(27)23-18(12-25)21(26)15-6-8-16(9-7-15)24(28)29/h2-11,18,21,25-26H,12-13H2,1H3,(H,23,27). The first kappa shape index (κ1) is 22.0. The van der Waals surface area contributed by atoms with Crippen LogP contribution in [0.1, 0.15) is 33.5 Å². The van der Waals surface area contributed by atoms with Crippen LogP contribution in [0.15, 0.2) is 65.1 Å². The van der Waals surface area contributed by atoms with Crippen LogP contribution in [0.2, 0.25) is 0 Å². The summed E-state index contributed by atoms with van der Waals surface area (Å²) in [7, 11) is 0. The minimum absolute atomic E-state index is 0.00210. The van der Waals surface area contributed by atoms with Crippen molar-refractivity contribution in [1.82, 2.24) is 5.32 Å². The number of benzene rings is 2. The molecule has 0 fully saturated rings. The molecule has 1 heterocycles. The maximum atomic E-state index is 12.5. The van der Waals surface area contributed by atoms with Gasteiger partial charge in [0, 0.05) is 12.1 Å². The molecule has 9 heteroatoms. The van der Waals surface area contributed by atoms with Gasteiger partial charge in [-0.3, -0.25) is 14.9 Å². The van der Waals surface area contributed by atoms with Crippen LogP contribution in [0.25, 0.3) is 0 Å². The average Bonchev–Trinajstić information content (AvgIpc) is 3.25. The third-order valence-corrected chi connectivity index (χ3v) is 4.69. The fourth-order valence-electron chi connectivity index (χ4n) is 2.93. The number of aliphatic hydroxyl groups is 2. The molecule has 0 saturated carbocycles. The zero-order valence-electron chi connectivity index (χ0n) is 16.7. The third kappa shape index (κ3) is 5.47. The smallest absolute Gasteiger partial charge is 0.287 e. The van der Waals surface area contributed by atoms with Crippen LogP contribution in [0, 0.1) is 17.0 Å². The monoisotopic (exact) mass is 426 g/mol. The first-order valence-corrected chi connectivity index (χ1v) is 9.50. The Morgan fingerprint density at radius 2 is 1.87 bits per heavy atom. The number of non-ortho nitro benzene ring substituents is 1. The SMILES string of the molecule is Cc1ccccc1OCc1ccc(C(=O)NC(CO)C(O)c2ccc([N+](=O)[O-])cc2)o1. The number of nitrogens with zero attached hydrogens (tertiary/aromatic N) is 1. The zero-order chi connectivity index (χ0) is 22.4. The second-order valence-electron chi connectivity index (χ2n) is 6.88. The number of nitro benzene ring substituents is 1. The molecule has 2 aromatic carbocycles. The highest BCUT2D eigenvalue weighted by Gasteiger charge is 2.24. The molecule has 0 saturated heterocycles. The van der Waals surface area contributed by atoms with Gasteiger partial charge in [-0.15, -0.1) is 0 Å². The zero-order valence-corrected chi connectivity index (χ0v) is 16.7. The van der Waals surface area contributed by atoms with Gasteiger partial charge in [-0.1, -0.05) is 18.2 Å². The molecule has 1 amide bonds. The van der Waals surface area contributed by atoms with Crippen LogP contribution in [0.5, 0.6) is 5.75 Å². The first-order chi connectivity index (χ1) is 14.9. The van der Waals surface area contributed by atoms with Crippen molar-refractivity contribution in [2.45, 2.75) is 25.7 Å². The van der Waals surface area contributed by atoms with Crippen molar-refractivity contribution >= 4 is 11.6 Å². The molecule has 31 heavy (non-hydrogen) atoms. The van der Waals surface area contributed by atoms with Gasteiger partial charge in [0.05, 0.1) is 17.6 Å². The lowest BCUT2D eigenvalue weighted by molar-refractivity contribution is -0.384. The fourth-order valence-corrected chi connectivity index (χ4v) is 2.93. The molecule has 1 aromatic heterocycles. The summed E-state index contributed by atoms with van der Waals surface area (Å²) in [5, 5.41) is 33.3. The number of ether oxygens (including phenoxy) is 1. The second kappa shape index (κ2) is 9.88. The van der Waals surface area contributed by atoms with E-state index >= 15 is 0 Å². The Balaban J connectivity index is 1.61. The highest BCUT2D eigenvalue weighted by molar-refractivity contribution is 5.91. The molecule has 3 N–H and O–H groups in total. The minimum Gasteiger partial charge on any atom is -0.485 e. The molecular formula is C22H22N2O7. The predicted molar refractivity (Wildman–Crippen MR) is 111 cm³/mol. The van der Waals surface area contributed by atoms with Crippen LogP contribution in [0.4, 0.5) is 5.69 Å². The van der Waals surface area contributed by atoms with Gasteiger partial charge in [-0.05, 0) is 48.4 Å². The van der Waals surface area contributed by atoms with Gasteiger partial charge < -0.3 is 24.7 Å². The number of carbonyl (C=O) groups excluding carboxylic acids is 1. The number of hydrogen-bond donors (Lipinski definition) is 3. The molecule has 3 aromatic rings. The number of carbonyl (C=O) groups is 1. The second-order valence-corrected chi connectivity index (χ2v) is 6.88. The van der Waals surface area contributed by atoms with E-state index in [2.05, 4.69) is 5.32 Å². The Bertz CT molecular complexity index is 1050. The van der Waals surface area contributed by atoms with Crippen molar-refractivity contribution in [2.75, 3.05) is 6.61 Å². The number of para-hydroxylation sites is 1. The van der Waals surface area contributed by atoms with Crippen LogP contribution in [-0.4, -0.2) is 33.7 Å². The van der Waals surface area contributed by atoms with Gasteiger partial charge >= 0.3 is 0 Å². The number of hydrogen-bond acceptors (Lipinski definition) is 7. The molecular weight excluding hydrogens is 404 g/mol. The lowest BCUT2D eigenvalue weighted by Gasteiger charge is -2.22. The number of nitrogens with one attached hydrogen (secondary N) is 1. The quantitative estimate of drug-likeness (QED) is 0.354. The van der Waals surface area contributed by atoms with Crippen molar-refractivity contribution < 1.29 is 29.1 Å². The molecule has 3 rings (SSSR count). The van der Waals surface area contributed by atoms with E-state index in [4.69, 9.17) is 9.15 Å². The largest absolute Gasteiger partial charge is 0.485 e. The molecule has 0 aliphatic heterocycles. The van der Waals surface area contributed by atoms with E-state index in [1.54, 1.807) is 6.07 Å². The number of nitro groups is 1. The van der Waals surface area contributed by atoms with E-state index in [1.807, 2.05) is 31.2 Å². The maximum Gasteiger partial charge on any atom is 0.287 e. The van der Waals surface area contributed by atoms with Gasteiger partial charge in [-0.25, -0.2) is 0 Å². The molecule has 2 unspecified atom stereocenters. The molecule has 9 nitrogen and oxygen atoms in total. The van der Waals surface area contributed by atoms with Gasteiger partial charge in [0.15, 0.2) is 5.76 Å². The number of rotatable bonds is 9. The van der Waals surface area contributed by atoms with Crippen molar-refractivity contribution in [3.63, 3.8) is 0 Å². The van der Waals surface area contributed by atoms with Crippen LogP contribution < -0.4 is 10.1 Å². The number of furan rings is 1. The number of aryl methyl sites for hydroxylation is 1. The first-order valence-electron chi connectivity index (χ1n) is 9.50. The lowest BCUT2D eigenvalue weighted by atomic mass is 10.0. The predicted octanol–water partition coefficient (Wildman–Crippen LogP) is 2.90. The Morgan fingerprint density at radius 1 is 1.16 bits per heavy atom.